The van der Waals surface area contributed by atoms with Crippen LogP contribution in [0, 0.1) is 6.92 Å². The summed E-state index contributed by atoms with van der Waals surface area (Å²) in [6.07, 6.45) is 0.914. The Morgan fingerprint density at radius 3 is 2.77 bits per heavy atom. The lowest BCUT2D eigenvalue weighted by molar-refractivity contribution is -0.117. The molecule has 0 aliphatic carbocycles. The zero-order chi connectivity index (χ0) is 18.1. The molecule has 0 spiro atoms. The minimum Gasteiger partial charge on any atom is -0.311 e. The summed E-state index contributed by atoms with van der Waals surface area (Å²) in [5.74, 6) is 0.820. The second-order valence-electron chi connectivity index (χ2n) is 6.46. The lowest BCUT2D eigenvalue weighted by Crippen LogP contribution is -2.35. The SMILES string of the molecule is Cc1ccc(-c2nc(SC(C)C(=O)N3CCc4ccccc43)n[nH]2)cc1. The van der Waals surface area contributed by atoms with E-state index in [1.54, 1.807) is 0 Å². The number of H-pyrrole nitrogens is 1. The van der Waals surface area contributed by atoms with Crippen molar-refractivity contribution in [1.82, 2.24) is 15.2 Å². The quantitative estimate of drug-likeness (QED) is 0.714. The third kappa shape index (κ3) is 3.24. The van der Waals surface area contributed by atoms with Gasteiger partial charge in [-0.25, -0.2) is 4.98 Å². The van der Waals surface area contributed by atoms with E-state index in [0.717, 1.165) is 30.0 Å². The third-order valence-electron chi connectivity index (χ3n) is 4.57. The van der Waals surface area contributed by atoms with Crippen LogP contribution in [0.4, 0.5) is 5.69 Å². The van der Waals surface area contributed by atoms with Crippen LogP contribution >= 0.6 is 11.8 Å². The number of hydrogen-bond donors (Lipinski definition) is 1. The van der Waals surface area contributed by atoms with Crippen molar-refractivity contribution in [2.24, 2.45) is 0 Å². The molecular formula is C20H20N4OS. The number of aryl methyl sites for hydroxylation is 1. The molecule has 26 heavy (non-hydrogen) atoms. The standard InChI is InChI=1S/C20H20N4OS/c1-13-7-9-16(10-8-13)18-21-20(23-22-18)26-14(2)19(25)24-12-11-15-5-3-4-6-17(15)24/h3-10,14H,11-12H2,1-2H3,(H,21,22,23). The van der Waals surface area contributed by atoms with Gasteiger partial charge >= 0.3 is 0 Å². The van der Waals surface area contributed by atoms with Crippen molar-refractivity contribution < 1.29 is 4.79 Å². The van der Waals surface area contributed by atoms with Crippen molar-refractivity contribution in [3.8, 4) is 11.4 Å². The van der Waals surface area contributed by atoms with Gasteiger partial charge in [0.15, 0.2) is 5.82 Å². The molecule has 1 atom stereocenters. The number of carbonyl (C=O) groups is 1. The van der Waals surface area contributed by atoms with E-state index in [2.05, 4.69) is 28.2 Å². The number of carbonyl (C=O) groups excluding carboxylic acids is 1. The maximum Gasteiger partial charge on any atom is 0.240 e. The molecule has 1 aliphatic heterocycles. The molecule has 1 unspecified atom stereocenters. The van der Waals surface area contributed by atoms with Gasteiger partial charge in [0.25, 0.3) is 0 Å². The van der Waals surface area contributed by atoms with Crippen LogP contribution in [0.1, 0.15) is 18.1 Å². The van der Waals surface area contributed by atoms with Crippen molar-refractivity contribution in [2.75, 3.05) is 11.4 Å². The van der Waals surface area contributed by atoms with Gasteiger partial charge in [-0.2, -0.15) is 0 Å². The van der Waals surface area contributed by atoms with Crippen molar-refractivity contribution >= 4 is 23.4 Å². The molecule has 0 saturated heterocycles. The Morgan fingerprint density at radius 2 is 1.96 bits per heavy atom. The van der Waals surface area contributed by atoms with Crippen LogP contribution in [0.5, 0.6) is 0 Å². The van der Waals surface area contributed by atoms with Crippen LogP contribution < -0.4 is 4.90 Å². The number of rotatable bonds is 4. The number of anilines is 1. The second kappa shape index (κ2) is 6.96. The Labute approximate surface area is 156 Å². The number of amides is 1. The van der Waals surface area contributed by atoms with Gasteiger partial charge in [0.05, 0.1) is 5.25 Å². The molecule has 1 amide bonds. The number of hydrogen-bond acceptors (Lipinski definition) is 4. The number of para-hydroxylation sites is 1. The zero-order valence-electron chi connectivity index (χ0n) is 14.8. The third-order valence-corrected chi connectivity index (χ3v) is 5.52. The van der Waals surface area contributed by atoms with Gasteiger partial charge in [0.2, 0.25) is 11.1 Å². The lowest BCUT2D eigenvalue weighted by Gasteiger charge is -2.20. The van der Waals surface area contributed by atoms with Gasteiger partial charge in [0, 0.05) is 17.8 Å². The monoisotopic (exact) mass is 364 g/mol. The number of thioether (sulfide) groups is 1. The molecule has 0 fully saturated rings. The van der Waals surface area contributed by atoms with E-state index in [1.165, 1.54) is 22.9 Å². The molecule has 5 nitrogen and oxygen atoms in total. The highest BCUT2D eigenvalue weighted by atomic mass is 32.2. The smallest absolute Gasteiger partial charge is 0.240 e. The highest BCUT2D eigenvalue weighted by Crippen LogP contribution is 2.31. The Morgan fingerprint density at radius 1 is 1.19 bits per heavy atom. The normalized spacial score (nSPS) is 14.3. The summed E-state index contributed by atoms with van der Waals surface area (Å²) in [6, 6.07) is 16.2. The summed E-state index contributed by atoms with van der Waals surface area (Å²) in [5, 5.41) is 7.57. The maximum atomic E-state index is 12.9. The molecule has 0 bridgehead atoms. The van der Waals surface area contributed by atoms with Gasteiger partial charge in [-0.05, 0) is 31.9 Å². The van der Waals surface area contributed by atoms with E-state index in [9.17, 15) is 4.79 Å². The molecular weight excluding hydrogens is 344 g/mol. The number of aromatic amines is 1. The topological polar surface area (TPSA) is 61.9 Å². The van der Waals surface area contributed by atoms with Gasteiger partial charge in [0.1, 0.15) is 0 Å². The fourth-order valence-electron chi connectivity index (χ4n) is 3.13. The molecule has 0 radical (unpaired) electrons. The van der Waals surface area contributed by atoms with E-state index in [4.69, 9.17) is 0 Å². The molecule has 2 heterocycles. The Balaban J connectivity index is 1.46. The Kier molecular flexibility index (Phi) is 4.51. The number of benzene rings is 2. The minimum atomic E-state index is -0.247. The van der Waals surface area contributed by atoms with E-state index >= 15 is 0 Å². The summed E-state index contributed by atoms with van der Waals surface area (Å²) >= 11 is 1.39. The average molecular weight is 364 g/mol. The van der Waals surface area contributed by atoms with Gasteiger partial charge in [-0.3, -0.25) is 9.89 Å². The largest absolute Gasteiger partial charge is 0.311 e. The van der Waals surface area contributed by atoms with E-state index in [0.29, 0.717) is 5.16 Å². The summed E-state index contributed by atoms with van der Waals surface area (Å²) in [4.78, 5) is 19.3. The molecule has 1 aromatic heterocycles. The van der Waals surface area contributed by atoms with Gasteiger partial charge < -0.3 is 4.90 Å². The van der Waals surface area contributed by atoms with E-state index in [-0.39, 0.29) is 11.2 Å². The first-order chi connectivity index (χ1) is 12.6. The molecule has 132 valence electrons. The van der Waals surface area contributed by atoms with Crippen molar-refractivity contribution in [1.29, 1.82) is 0 Å². The maximum absolute atomic E-state index is 12.9. The van der Waals surface area contributed by atoms with Crippen LogP contribution in [-0.4, -0.2) is 32.9 Å². The summed E-state index contributed by atoms with van der Waals surface area (Å²) in [7, 11) is 0. The van der Waals surface area contributed by atoms with Crippen molar-refractivity contribution in [3.05, 3.63) is 59.7 Å². The Bertz CT molecular complexity index is 935. The predicted octanol–water partition coefficient (Wildman–Crippen LogP) is 3.85. The summed E-state index contributed by atoms with van der Waals surface area (Å²) < 4.78 is 0. The highest BCUT2D eigenvalue weighted by molar-refractivity contribution is 8.00. The first-order valence-electron chi connectivity index (χ1n) is 8.67. The van der Waals surface area contributed by atoms with Crippen LogP contribution in [0.2, 0.25) is 0 Å². The van der Waals surface area contributed by atoms with Crippen LogP contribution in [0.25, 0.3) is 11.4 Å². The van der Waals surface area contributed by atoms with Gasteiger partial charge in [-0.1, -0.05) is 59.8 Å². The molecule has 0 saturated carbocycles. The van der Waals surface area contributed by atoms with E-state index in [1.807, 2.05) is 54.3 Å². The number of nitrogens with zero attached hydrogens (tertiary/aromatic N) is 3. The number of nitrogens with one attached hydrogen (secondary N) is 1. The van der Waals surface area contributed by atoms with Crippen LogP contribution in [0.15, 0.2) is 53.7 Å². The Hall–Kier alpha value is -2.60. The number of fused-ring (bicyclic) bond motifs is 1. The molecule has 3 aromatic rings. The summed E-state index contributed by atoms with van der Waals surface area (Å²) in [6.45, 7) is 4.71. The molecule has 2 aromatic carbocycles. The second-order valence-corrected chi connectivity index (χ2v) is 7.77. The highest BCUT2D eigenvalue weighted by Gasteiger charge is 2.28. The van der Waals surface area contributed by atoms with Crippen LogP contribution in [0.3, 0.4) is 0 Å². The molecule has 4 rings (SSSR count). The first-order valence-corrected chi connectivity index (χ1v) is 9.55. The zero-order valence-corrected chi connectivity index (χ0v) is 15.6. The molecule has 1 aliphatic rings. The van der Waals surface area contributed by atoms with Crippen molar-refractivity contribution in [2.45, 2.75) is 30.7 Å². The molecule has 6 heteroatoms. The minimum absolute atomic E-state index is 0.0987. The van der Waals surface area contributed by atoms with Gasteiger partial charge in [-0.15, -0.1) is 5.10 Å². The predicted molar refractivity (Wildman–Crippen MR) is 104 cm³/mol. The number of aromatic nitrogens is 3. The summed E-state index contributed by atoms with van der Waals surface area (Å²) in [5.41, 5.74) is 4.45. The lowest BCUT2D eigenvalue weighted by atomic mass is 10.1. The fourth-order valence-corrected chi connectivity index (χ4v) is 3.92. The molecule has 1 N–H and O–H groups in total. The fraction of sp³-hybridized carbons (Fsp3) is 0.250. The van der Waals surface area contributed by atoms with E-state index < -0.39 is 0 Å². The van der Waals surface area contributed by atoms with Crippen LogP contribution in [-0.2, 0) is 11.2 Å². The first kappa shape index (κ1) is 16.8. The van der Waals surface area contributed by atoms with Crippen molar-refractivity contribution in [3.63, 3.8) is 0 Å². The average Bonchev–Trinajstić information content (AvgIpc) is 3.29.